The molecule has 0 saturated carbocycles. The summed E-state index contributed by atoms with van der Waals surface area (Å²) < 4.78 is 19.3. The zero-order chi connectivity index (χ0) is 19.3. The summed E-state index contributed by atoms with van der Waals surface area (Å²) in [6, 6.07) is 6.53. The van der Waals surface area contributed by atoms with Gasteiger partial charge in [-0.2, -0.15) is 0 Å². The van der Waals surface area contributed by atoms with Gasteiger partial charge in [0, 0.05) is 37.7 Å². The summed E-state index contributed by atoms with van der Waals surface area (Å²) in [4.78, 5) is 28.3. The molecule has 0 N–H and O–H groups in total. The molecule has 144 valence electrons. The highest BCUT2D eigenvalue weighted by Gasteiger charge is 2.31. The van der Waals surface area contributed by atoms with Gasteiger partial charge in [-0.25, -0.2) is 9.18 Å². The fourth-order valence-electron chi connectivity index (χ4n) is 3.07. The van der Waals surface area contributed by atoms with E-state index in [0.717, 1.165) is 0 Å². The predicted octanol–water partition coefficient (Wildman–Crippen LogP) is 3.82. The van der Waals surface area contributed by atoms with E-state index >= 15 is 0 Å². The molecule has 0 atom stereocenters. The molecule has 26 heavy (non-hydrogen) atoms. The highest BCUT2D eigenvalue weighted by molar-refractivity contribution is 5.79. The molecule has 2 rings (SSSR count). The number of benzene rings is 1. The summed E-state index contributed by atoms with van der Waals surface area (Å²) in [5, 5.41) is 0. The van der Waals surface area contributed by atoms with E-state index in [1.807, 2.05) is 27.7 Å². The molecule has 1 heterocycles. The molecule has 1 fully saturated rings. The average molecular weight is 364 g/mol. The van der Waals surface area contributed by atoms with E-state index in [4.69, 9.17) is 4.74 Å². The van der Waals surface area contributed by atoms with Gasteiger partial charge in [-0.1, -0.05) is 18.2 Å². The van der Waals surface area contributed by atoms with Gasteiger partial charge in [-0.3, -0.25) is 4.79 Å². The van der Waals surface area contributed by atoms with E-state index in [0.29, 0.717) is 38.0 Å². The van der Waals surface area contributed by atoms with Crippen molar-refractivity contribution in [1.82, 2.24) is 9.80 Å². The minimum absolute atomic E-state index is 0.0274. The highest BCUT2D eigenvalue weighted by atomic mass is 19.1. The second-order valence-corrected chi connectivity index (χ2v) is 7.69. The predicted molar refractivity (Wildman–Crippen MR) is 98.0 cm³/mol. The van der Waals surface area contributed by atoms with Gasteiger partial charge in [-0.15, -0.1) is 0 Å². The zero-order valence-corrected chi connectivity index (χ0v) is 16.1. The Morgan fingerprint density at radius 2 is 1.85 bits per heavy atom. The molecule has 0 radical (unpaired) electrons. The first-order valence-corrected chi connectivity index (χ1v) is 9.21. The summed E-state index contributed by atoms with van der Waals surface area (Å²) in [5.41, 5.74) is -0.00316. The third-order valence-electron chi connectivity index (χ3n) is 4.51. The first-order valence-electron chi connectivity index (χ1n) is 9.21. The van der Waals surface area contributed by atoms with Crippen molar-refractivity contribution in [2.24, 2.45) is 5.92 Å². The van der Waals surface area contributed by atoms with Crippen LogP contribution >= 0.6 is 0 Å². The van der Waals surface area contributed by atoms with Gasteiger partial charge in [0.05, 0.1) is 0 Å². The molecule has 0 bridgehead atoms. The molecule has 5 nitrogen and oxygen atoms in total. The van der Waals surface area contributed by atoms with E-state index in [1.165, 1.54) is 6.07 Å². The van der Waals surface area contributed by atoms with E-state index in [9.17, 15) is 14.0 Å². The lowest BCUT2D eigenvalue weighted by Gasteiger charge is -2.35. The summed E-state index contributed by atoms with van der Waals surface area (Å²) in [6.07, 6.45) is 0.875. The van der Waals surface area contributed by atoms with Crippen LogP contribution < -0.4 is 0 Å². The Kier molecular flexibility index (Phi) is 6.62. The monoisotopic (exact) mass is 364 g/mol. The van der Waals surface area contributed by atoms with Crippen LogP contribution in [-0.4, -0.2) is 47.0 Å². The molecular formula is C20H29FN2O3. The summed E-state index contributed by atoms with van der Waals surface area (Å²) in [7, 11) is 0. The van der Waals surface area contributed by atoms with Crippen LogP contribution in [0.4, 0.5) is 9.18 Å². The van der Waals surface area contributed by atoms with Crippen molar-refractivity contribution in [2.75, 3.05) is 19.6 Å². The van der Waals surface area contributed by atoms with E-state index in [2.05, 4.69) is 0 Å². The number of ether oxygens (including phenoxy) is 1. The molecule has 2 amide bonds. The second kappa shape index (κ2) is 8.52. The standard InChI is InChI=1S/C20H29FN2O3/c1-5-22(14-16-8-6-7-9-17(16)21)18(24)15-10-12-23(13-11-15)19(25)26-20(2,3)4/h6-9,15H,5,10-14H2,1-4H3. The van der Waals surface area contributed by atoms with Crippen LogP contribution in [-0.2, 0) is 16.1 Å². The van der Waals surface area contributed by atoms with Gasteiger partial charge in [-0.05, 0) is 46.6 Å². The van der Waals surface area contributed by atoms with Gasteiger partial charge < -0.3 is 14.5 Å². The van der Waals surface area contributed by atoms with Crippen molar-refractivity contribution in [3.05, 3.63) is 35.6 Å². The fraction of sp³-hybridized carbons (Fsp3) is 0.600. The van der Waals surface area contributed by atoms with Gasteiger partial charge in [0.25, 0.3) is 0 Å². The van der Waals surface area contributed by atoms with Crippen molar-refractivity contribution < 1.29 is 18.7 Å². The number of halogens is 1. The number of carbonyl (C=O) groups excluding carboxylic acids is 2. The lowest BCUT2D eigenvalue weighted by atomic mass is 9.95. The quantitative estimate of drug-likeness (QED) is 0.816. The first kappa shape index (κ1) is 20.2. The fourth-order valence-corrected chi connectivity index (χ4v) is 3.07. The second-order valence-electron chi connectivity index (χ2n) is 7.69. The molecule has 1 aromatic carbocycles. The van der Waals surface area contributed by atoms with Gasteiger partial charge in [0.2, 0.25) is 5.91 Å². The molecule has 0 unspecified atom stereocenters. The Morgan fingerprint density at radius 3 is 2.38 bits per heavy atom. The summed E-state index contributed by atoms with van der Waals surface area (Å²) in [6.45, 7) is 9.21. The van der Waals surface area contributed by atoms with Crippen LogP contribution in [0.25, 0.3) is 0 Å². The smallest absolute Gasteiger partial charge is 0.410 e. The lowest BCUT2D eigenvalue weighted by molar-refractivity contribution is -0.137. The molecule has 0 aliphatic carbocycles. The Hall–Kier alpha value is -2.11. The number of amides is 2. The number of nitrogens with zero attached hydrogens (tertiary/aromatic N) is 2. The number of piperidine rings is 1. The number of hydrogen-bond acceptors (Lipinski definition) is 3. The summed E-state index contributed by atoms with van der Waals surface area (Å²) >= 11 is 0. The first-order chi connectivity index (χ1) is 12.2. The third kappa shape index (κ3) is 5.44. The van der Waals surface area contributed by atoms with Crippen molar-refractivity contribution in [1.29, 1.82) is 0 Å². The number of rotatable bonds is 4. The van der Waals surface area contributed by atoms with Crippen LogP contribution in [0, 0.1) is 11.7 Å². The van der Waals surface area contributed by atoms with Gasteiger partial charge in [0.1, 0.15) is 11.4 Å². The Labute approximate surface area is 155 Å². The Bertz CT molecular complexity index is 634. The molecule has 0 spiro atoms. The van der Waals surface area contributed by atoms with Crippen molar-refractivity contribution in [3.63, 3.8) is 0 Å². The molecule has 1 saturated heterocycles. The maximum absolute atomic E-state index is 13.9. The van der Waals surface area contributed by atoms with Crippen molar-refractivity contribution in [2.45, 2.75) is 52.7 Å². The van der Waals surface area contributed by atoms with Gasteiger partial charge in [0.15, 0.2) is 0 Å². The maximum atomic E-state index is 13.9. The van der Waals surface area contributed by atoms with E-state index < -0.39 is 5.60 Å². The highest BCUT2D eigenvalue weighted by Crippen LogP contribution is 2.23. The molecule has 1 aliphatic heterocycles. The van der Waals surface area contributed by atoms with Crippen molar-refractivity contribution in [3.8, 4) is 0 Å². The Balaban J connectivity index is 1.92. The molecular weight excluding hydrogens is 335 g/mol. The van der Waals surface area contributed by atoms with Gasteiger partial charge >= 0.3 is 6.09 Å². The average Bonchev–Trinajstić information content (AvgIpc) is 2.59. The van der Waals surface area contributed by atoms with Crippen molar-refractivity contribution >= 4 is 12.0 Å². The zero-order valence-electron chi connectivity index (χ0n) is 16.1. The number of carbonyl (C=O) groups is 2. The number of hydrogen-bond donors (Lipinski definition) is 0. The SMILES string of the molecule is CCN(Cc1ccccc1F)C(=O)C1CCN(C(=O)OC(C)(C)C)CC1. The molecule has 6 heteroatoms. The van der Waals surface area contributed by atoms with Crippen LogP contribution in [0.15, 0.2) is 24.3 Å². The minimum atomic E-state index is -0.525. The van der Waals surface area contributed by atoms with Crippen LogP contribution in [0.3, 0.4) is 0 Å². The summed E-state index contributed by atoms with van der Waals surface area (Å²) in [5.74, 6) is -0.404. The lowest BCUT2D eigenvalue weighted by Crippen LogP contribution is -2.45. The topological polar surface area (TPSA) is 49.9 Å². The third-order valence-corrected chi connectivity index (χ3v) is 4.51. The van der Waals surface area contributed by atoms with Crippen LogP contribution in [0.5, 0.6) is 0 Å². The largest absolute Gasteiger partial charge is 0.444 e. The van der Waals surface area contributed by atoms with E-state index in [1.54, 1.807) is 28.0 Å². The normalized spacial score (nSPS) is 15.7. The molecule has 1 aromatic rings. The van der Waals surface area contributed by atoms with E-state index in [-0.39, 0.29) is 30.3 Å². The van der Waals surface area contributed by atoms with Crippen LogP contribution in [0.1, 0.15) is 46.1 Å². The molecule has 0 aromatic heterocycles. The maximum Gasteiger partial charge on any atom is 0.410 e. The Morgan fingerprint density at radius 1 is 1.23 bits per heavy atom. The number of likely N-dealkylation sites (tertiary alicyclic amines) is 1. The minimum Gasteiger partial charge on any atom is -0.444 e. The van der Waals surface area contributed by atoms with Crippen LogP contribution in [0.2, 0.25) is 0 Å². The molecule has 1 aliphatic rings.